The number of halogens is 1. The fourth-order valence-electron chi connectivity index (χ4n) is 1.08. The minimum Gasteiger partial charge on any atom is -0.375 e. The molecular weight excluding hydrogens is 250 g/mol. The Morgan fingerprint density at radius 2 is 2.31 bits per heavy atom. The van der Waals surface area contributed by atoms with Gasteiger partial charge in [0.15, 0.2) is 5.13 Å². The number of hydrogen-bond donors (Lipinski definition) is 1. The summed E-state index contributed by atoms with van der Waals surface area (Å²) in [6.07, 6.45) is 0. The number of anilines is 1. The van der Waals surface area contributed by atoms with E-state index in [1.165, 1.54) is 11.3 Å². The fraction of sp³-hybridized carbons (Fsp3) is 0. The van der Waals surface area contributed by atoms with Gasteiger partial charge in [-0.05, 0) is 28.1 Å². The van der Waals surface area contributed by atoms with Gasteiger partial charge in [0, 0.05) is 4.47 Å². The summed E-state index contributed by atoms with van der Waals surface area (Å²) in [5.74, 6) is 0. The number of aromatic nitrogens is 1. The largest absolute Gasteiger partial charge is 0.375 e. The van der Waals surface area contributed by atoms with Crippen molar-refractivity contribution in [2.75, 3.05) is 5.73 Å². The summed E-state index contributed by atoms with van der Waals surface area (Å²) in [5.41, 5.74) is 6.94. The molecule has 0 aliphatic carbocycles. The topological polar surface area (TPSA) is 62.7 Å². The molecule has 0 radical (unpaired) electrons. The Labute approximate surface area is 86.9 Å². The van der Waals surface area contributed by atoms with Crippen molar-refractivity contribution in [3.8, 4) is 6.07 Å². The molecule has 1 heterocycles. The molecule has 3 nitrogen and oxygen atoms in total. The average molecular weight is 254 g/mol. The zero-order valence-corrected chi connectivity index (χ0v) is 8.82. The molecule has 1 aromatic carbocycles. The summed E-state index contributed by atoms with van der Waals surface area (Å²) < 4.78 is 1.71. The van der Waals surface area contributed by atoms with Crippen LogP contribution in [0.5, 0.6) is 0 Å². The number of hydrogen-bond acceptors (Lipinski definition) is 4. The smallest absolute Gasteiger partial charge is 0.181 e. The maximum atomic E-state index is 8.81. The highest BCUT2D eigenvalue weighted by Gasteiger charge is 2.08. The standard InChI is InChI=1S/C8H4BrN3S/c9-5-2-1-4(3-10)7-6(5)12-8(11)13-7/h1-2H,(H2,11,12). The number of thiazole rings is 1. The first-order valence-electron chi connectivity index (χ1n) is 3.47. The van der Waals surface area contributed by atoms with Crippen LogP contribution in [0, 0.1) is 11.3 Å². The lowest BCUT2D eigenvalue weighted by molar-refractivity contribution is 1.47. The van der Waals surface area contributed by atoms with Gasteiger partial charge in [0.1, 0.15) is 6.07 Å². The summed E-state index contributed by atoms with van der Waals surface area (Å²) in [7, 11) is 0. The van der Waals surface area contributed by atoms with Crippen molar-refractivity contribution in [3.63, 3.8) is 0 Å². The van der Waals surface area contributed by atoms with Crippen LogP contribution in [0.1, 0.15) is 5.56 Å². The summed E-state index contributed by atoms with van der Waals surface area (Å²) in [4.78, 5) is 4.12. The lowest BCUT2D eigenvalue weighted by Gasteiger charge is -1.92. The maximum Gasteiger partial charge on any atom is 0.181 e. The molecule has 0 unspecified atom stereocenters. The molecule has 0 spiro atoms. The van der Waals surface area contributed by atoms with E-state index >= 15 is 0 Å². The number of nitrogens with zero attached hydrogens (tertiary/aromatic N) is 2. The molecule has 2 aromatic rings. The van der Waals surface area contributed by atoms with E-state index in [4.69, 9.17) is 11.0 Å². The van der Waals surface area contributed by atoms with Crippen LogP contribution in [0.2, 0.25) is 0 Å². The van der Waals surface area contributed by atoms with E-state index in [2.05, 4.69) is 27.0 Å². The molecule has 0 bridgehead atoms. The second-order valence-corrected chi connectivity index (χ2v) is 4.32. The number of nitrogens with two attached hydrogens (primary N) is 1. The van der Waals surface area contributed by atoms with Crippen molar-refractivity contribution in [2.45, 2.75) is 0 Å². The Morgan fingerprint density at radius 1 is 1.54 bits per heavy atom. The molecule has 2 rings (SSSR count). The maximum absolute atomic E-state index is 8.81. The predicted octanol–water partition coefficient (Wildman–Crippen LogP) is 2.51. The van der Waals surface area contributed by atoms with Crippen LogP contribution >= 0.6 is 27.3 Å². The van der Waals surface area contributed by atoms with Gasteiger partial charge in [-0.25, -0.2) is 4.98 Å². The quantitative estimate of drug-likeness (QED) is 0.785. The van der Waals surface area contributed by atoms with Gasteiger partial charge in [-0.1, -0.05) is 11.3 Å². The molecule has 0 saturated heterocycles. The molecule has 13 heavy (non-hydrogen) atoms. The molecule has 2 N–H and O–H groups in total. The van der Waals surface area contributed by atoms with E-state index in [-0.39, 0.29) is 0 Å². The van der Waals surface area contributed by atoms with E-state index in [1.807, 2.05) is 0 Å². The van der Waals surface area contributed by atoms with Gasteiger partial charge in [0.05, 0.1) is 15.8 Å². The van der Waals surface area contributed by atoms with Gasteiger partial charge in [0.2, 0.25) is 0 Å². The summed E-state index contributed by atoms with van der Waals surface area (Å²) in [5, 5.41) is 9.29. The molecule has 64 valence electrons. The Hall–Kier alpha value is -1.12. The van der Waals surface area contributed by atoms with Crippen LogP contribution in [0.25, 0.3) is 10.2 Å². The van der Waals surface area contributed by atoms with Crippen molar-refractivity contribution >= 4 is 42.6 Å². The molecule has 0 aliphatic heterocycles. The Kier molecular flexibility index (Phi) is 1.94. The van der Waals surface area contributed by atoms with Gasteiger partial charge in [-0.3, -0.25) is 0 Å². The second kappa shape index (κ2) is 2.98. The molecule has 1 aromatic heterocycles. The number of benzene rings is 1. The van der Waals surface area contributed by atoms with E-state index in [1.54, 1.807) is 12.1 Å². The Balaban J connectivity index is 2.94. The first-order chi connectivity index (χ1) is 6.22. The highest BCUT2D eigenvalue weighted by molar-refractivity contribution is 9.10. The van der Waals surface area contributed by atoms with Gasteiger partial charge in [-0.2, -0.15) is 5.26 Å². The summed E-state index contributed by atoms with van der Waals surface area (Å²) in [6.45, 7) is 0. The van der Waals surface area contributed by atoms with Crippen LogP contribution in [0.4, 0.5) is 5.13 Å². The first-order valence-corrected chi connectivity index (χ1v) is 5.08. The van der Waals surface area contributed by atoms with Gasteiger partial charge >= 0.3 is 0 Å². The third-order valence-corrected chi connectivity index (χ3v) is 3.19. The van der Waals surface area contributed by atoms with E-state index in [0.717, 1.165) is 14.7 Å². The Bertz CT molecular complexity index is 512. The summed E-state index contributed by atoms with van der Waals surface area (Å²) >= 11 is 4.68. The molecule has 0 atom stereocenters. The third-order valence-electron chi connectivity index (χ3n) is 1.63. The van der Waals surface area contributed by atoms with E-state index in [9.17, 15) is 0 Å². The Morgan fingerprint density at radius 3 is 3.00 bits per heavy atom. The summed E-state index contributed by atoms with van der Waals surface area (Å²) in [6, 6.07) is 5.66. The predicted molar refractivity (Wildman–Crippen MR) is 56.4 cm³/mol. The lowest BCUT2D eigenvalue weighted by Crippen LogP contribution is -1.80. The molecule has 5 heteroatoms. The zero-order chi connectivity index (χ0) is 9.42. The molecule has 0 aliphatic rings. The van der Waals surface area contributed by atoms with Crippen molar-refractivity contribution in [1.29, 1.82) is 5.26 Å². The highest BCUT2D eigenvalue weighted by atomic mass is 79.9. The molecule has 0 fully saturated rings. The van der Waals surface area contributed by atoms with E-state index in [0.29, 0.717) is 10.7 Å². The van der Waals surface area contributed by atoms with Crippen molar-refractivity contribution in [2.24, 2.45) is 0 Å². The van der Waals surface area contributed by atoms with Gasteiger partial charge in [0.25, 0.3) is 0 Å². The fourth-order valence-corrected chi connectivity index (χ4v) is 2.45. The van der Waals surface area contributed by atoms with Crippen LogP contribution in [0.15, 0.2) is 16.6 Å². The van der Waals surface area contributed by atoms with Crippen molar-refractivity contribution in [3.05, 3.63) is 22.2 Å². The minimum absolute atomic E-state index is 0.485. The minimum atomic E-state index is 0.485. The third kappa shape index (κ3) is 1.28. The van der Waals surface area contributed by atoms with Crippen molar-refractivity contribution < 1.29 is 0 Å². The number of nitrogen functional groups attached to an aromatic ring is 1. The normalized spacial score (nSPS) is 10.2. The van der Waals surface area contributed by atoms with Crippen LogP contribution in [-0.4, -0.2) is 4.98 Å². The van der Waals surface area contributed by atoms with Gasteiger partial charge < -0.3 is 5.73 Å². The highest BCUT2D eigenvalue weighted by Crippen LogP contribution is 2.31. The first kappa shape index (κ1) is 8.48. The zero-order valence-electron chi connectivity index (χ0n) is 6.41. The second-order valence-electron chi connectivity index (χ2n) is 2.44. The van der Waals surface area contributed by atoms with Crippen LogP contribution < -0.4 is 5.73 Å². The number of fused-ring (bicyclic) bond motifs is 1. The molecule has 0 amide bonds. The molecular formula is C8H4BrN3S. The van der Waals surface area contributed by atoms with E-state index < -0.39 is 0 Å². The lowest BCUT2D eigenvalue weighted by atomic mass is 10.2. The molecule has 0 saturated carbocycles. The monoisotopic (exact) mass is 253 g/mol. The number of rotatable bonds is 0. The van der Waals surface area contributed by atoms with Gasteiger partial charge in [-0.15, -0.1) is 0 Å². The van der Waals surface area contributed by atoms with Crippen LogP contribution in [0.3, 0.4) is 0 Å². The average Bonchev–Trinajstić information content (AvgIpc) is 2.48. The number of nitriles is 1. The van der Waals surface area contributed by atoms with Crippen LogP contribution in [-0.2, 0) is 0 Å². The SMILES string of the molecule is N#Cc1ccc(Br)c2nc(N)sc12. The van der Waals surface area contributed by atoms with Crippen molar-refractivity contribution in [1.82, 2.24) is 4.98 Å².